The van der Waals surface area contributed by atoms with Crippen LogP contribution in [-0.2, 0) is 6.54 Å². The number of nitrogens with zero attached hydrogens (tertiary/aromatic N) is 3. The standard InChI is InChI=1S/C12H19N3O/c16-8-10-3-4-14(6-10)7-12-5-13-9-15(12)11-1-2-11/h5,9-11,16H,1-4,6-8H2. The van der Waals surface area contributed by atoms with Crippen molar-refractivity contribution >= 4 is 0 Å². The van der Waals surface area contributed by atoms with Crippen molar-refractivity contribution in [2.45, 2.75) is 31.8 Å². The molecule has 1 saturated heterocycles. The zero-order valence-electron chi connectivity index (χ0n) is 9.55. The molecular formula is C12H19N3O. The molecular weight excluding hydrogens is 202 g/mol. The second-order valence-corrected chi connectivity index (χ2v) is 5.10. The molecule has 1 aromatic rings. The van der Waals surface area contributed by atoms with Crippen molar-refractivity contribution in [3.05, 3.63) is 18.2 Å². The lowest BCUT2D eigenvalue weighted by Crippen LogP contribution is -2.22. The summed E-state index contributed by atoms with van der Waals surface area (Å²) < 4.78 is 2.33. The Morgan fingerprint density at radius 3 is 2.94 bits per heavy atom. The highest BCUT2D eigenvalue weighted by Crippen LogP contribution is 2.36. The van der Waals surface area contributed by atoms with Gasteiger partial charge in [0.05, 0.1) is 12.0 Å². The Labute approximate surface area is 95.9 Å². The normalized spacial score (nSPS) is 26.4. The molecule has 1 unspecified atom stereocenters. The van der Waals surface area contributed by atoms with E-state index in [1.165, 1.54) is 18.5 Å². The Morgan fingerprint density at radius 2 is 2.25 bits per heavy atom. The van der Waals surface area contributed by atoms with E-state index < -0.39 is 0 Å². The van der Waals surface area contributed by atoms with Gasteiger partial charge in [-0.15, -0.1) is 0 Å². The van der Waals surface area contributed by atoms with E-state index in [0.717, 1.165) is 26.1 Å². The molecule has 0 spiro atoms. The molecule has 4 nitrogen and oxygen atoms in total. The van der Waals surface area contributed by atoms with E-state index in [1.54, 1.807) is 0 Å². The minimum atomic E-state index is 0.332. The zero-order chi connectivity index (χ0) is 11.0. The molecule has 1 aliphatic carbocycles. The quantitative estimate of drug-likeness (QED) is 0.825. The molecule has 3 rings (SSSR count). The average molecular weight is 221 g/mol. The topological polar surface area (TPSA) is 41.3 Å². The summed E-state index contributed by atoms with van der Waals surface area (Å²) in [6, 6.07) is 0.716. The summed E-state index contributed by atoms with van der Waals surface area (Å²) >= 11 is 0. The molecule has 0 amide bonds. The molecule has 2 fully saturated rings. The van der Waals surface area contributed by atoms with Gasteiger partial charge in [0.2, 0.25) is 0 Å². The maximum atomic E-state index is 9.12. The molecule has 0 radical (unpaired) electrons. The van der Waals surface area contributed by atoms with Crippen LogP contribution in [-0.4, -0.2) is 39.3 Å². The van der Waals surface area contributed by atoms with Crippen molar-refractivity contribution in [1.29, 1.82) is 0 Å². The van der Waals surface area contributed by atoms with E-state index in [9.17, 15) is 0 Å². The van der Waals surface area contributed by atoms with Gasteiger partial charge in [0.1, 0.15) is 0 Å². The fraction of sp³-hybridized carbons (Fsp3) is 0.750. The number of aliphatic hydroxyl groups is 1. The Hall–Kier alpha value is -0.870. The fourth-order valence-corrected chi connectivity index (χ4v) is 2.57. The van der Waals surface area contributed by atoms with Gasteiger partial charge < -0.3 is 9.67 Å². The molecule has 16 heavy (non-hydrogen) atoms. The predicted molar refractivity (Wildman–Crippen MR) is 61.0 cm³/mol. The lowest BCUT2D eigenvalue weighted by atomic mass is 10.1. The predicted octanol–water partition coefficient (Wildman–Crippen LogP) is 1.03. The Bertz CT molecular complexity index is 359. The van der Waals surface area contributed by atoms with Gasteiger partial charge in [-0.25, -0.2) is 4.98 Å². The number of likely N-dealkylation sites (tertiary alicyclic amines) is 1. The van der Waals surface area contributed by atoms with Gasteiger partial charge in [-0.05, 0) is 31.7 Å². The van der Waals surface area contributed by atoms with Gasteiger partial charge in [-0.2, -0.15) is 0 Å². The summed E-state index contributed by atoms with van der Waals surface area (Å²) in [6.07, 6.45) is 7.70. The summed E-state index contributed by atoms with van der Waals surface area (Å²) in [6.45, 7) is 3.47. The number of rotatable bonds is 4. The first-order valence-corrected chi connectivity index (χ1v) is 6.20. The maximum Gasteiger partial charge on any atom is 0.0951 e. The van der Waals surface area contributed by atoms with Crippen LogP contribution >= 0.6 is 0 Å². The summed E-state index contributed by atoms with van der Waals surface area (Å²) in [7, 11) is 0. The van der Waals surface area contributed by atoms with Crippen molar-refractivity contribution in [2.24, 2.45) is 5.92 Å². The van der Waals surface area contributed by atoms with Crippen molar-refractivity contribution in [3.8, 4) is 0 Å². The van der Waals surface area contributed by atoms with Crippen molar-refractivity contribution in [2.75, 3.05) is 19.7 Å². The van der Waals surface area contributed by atoms with Gasteiger partial charge in [-0.1, -0.05) is 0 Å². The molecule has 1 saturated carbocycles. The largest absolute Gasteiger partial charge is 0.396 e. The van der Waals surface area contributed by atoms with Gasteiger partial charge in [-0.3, -0.25) is 4.90 Å². The third kappa shape index (κ3) is 1.99. The smallest absolute Gasteiger partial charge is 0.0951 e. The lowest BCUT2D eigenvalue weighted by molar-refractivity contribution is 0.219. The summed E-state index contributed by atoms with van der Waals surface area (Å²) in [5.41, 5.74) is 1.33. The molecule has 1 aromatic heterocycles. The highest BCUT2D eigenvalue weighted by atomic mass is 16.3. The SMILES string of the molecule is OCC1CCN(Cc2cncn2C2CC2)C1. The highest BCUT2D eigenvalue weighted by molar-refractivity contribution is 5.04. The maximum absolute atomic E-state index is 9.12. The van der Waals surface area contributed by atoms with Crippen LogP contribution in [0.3, 0.4) is 0 Å². The van der Waals surface area contributed by atoms with Crippen LogP contribution < -0.4 is 0 Å². The first-order valence-electron chi connectivity index (χ1n) is 6.20. The first kappa shape index (κ1) is 10.3. The van der Waals surface area contributed by atoms with Crippen molar-refractivity contribution < 1.29 is 5.11 Å². The van der Waals surface area contributed by atoms with Gasteiger partial charge in [0, 0.05) is 31.9 Å². The number of imidazole rings is 1. The average Bonchev–Trinajstić information content (AvgIpc) is 2.88. The molecule has 0 bridgehead atoms. The van der Waals surface area contributed by atoms with E-state index in [-0.39, 0.29) is 0 Å². The number of aromatic nitrogens is 2. The van der Waals surface area contributed by atoms with Crippen LogP contribution in [0.1, 0.15) is 31.0 Å². The van der Waals surface area contributed by atoms with Crippen molar-refractivity contribution in [1.82, 2.24) is 14.5 Å². The lowest BCUT2D eigenvalue weighted by Gasteiger charge is -2.16. The molecule has 2 aliphatic rings. The Kier molecular flexibility index (Phi) is 2.69. The fourth-order valence-electron chi connectivity index (χ4n) is 2.57. The van der Waals surface area contributed by atoms with E-state index in [1.807, 2.05) is 12.5 Å². The third-order valence-electron chi connectivity index (χ3n) is 3.70. The molecule has 1 N–H and O–H groups in total. The number of aliphatic hydroxyl groups excluding tert-OH is 1. The summed E-state index contributed by atoms with van der Waals surface area (Å²) in [5, 5.41) is 9.12. The van der Waals surface area contributed by atoms with Crippen molar-refractivity contribution in [3.63, 3.8) is 0 Å². The molecule has 1 aliphatic heterocycles. The van der Waals surface area contributed by atoms with E-state index >= 15 is 0 Å². The molecule has 88 valence electrons. The summed E-state index contributed by atoms with van der Waals surface area (Å²) in [4.78, 5) is 6.68. The molecule has 4 heteroatoms. The minimum Gasteiger partial charge on any atom is -0.396 e. The highest BCUT2D eigenvalue weighted by Gasteiger charge is 2.27. The van der Waals surface area contributed by atoms with E-state index in [4.69, 9.17) is 5.11 Å². The number of hydrogen-bond acceptors (Lipinski definition) is 3. The van der Waals surface area contributed by atoms with Crippen LogP contribution in [0.15, 0.2) is 12.5 Å². The monoisotopic (exact) mass is 221 g/mol. The van der Waals surface area contributed by atoms with E-state index in [2.05, 4.69) is 14.5 Å². The molecule has 2 heterocycles. The van der Waals surface area contributed by atoms with Gasteiger partial charge in [0.25, 0.3) is 0 Å². The Morgan fingerprint density at radius 1 is 1.38 bits per heavy atom. The Balaban J connectivity index is 1.63. The van der Waals surface area contributed by atoms with Crippen LogP contribution in [0.25, 0.3) is 0 Å². The minimum absolute atomic E-state index is 0.332. The van der Waals surface area contributed by atoms with Crippen LogP contribution in [0, 0.1) is 5.92 Å². The van der Waals surface area contributed by atoms with Crippen LogP contribution in [0.5, 0.6) is 0 Å². The van der Waals surface area contributed by atoms with Gasteiger partial charge >= 0.3 is 0 Å². The van der Waals surface area contributed by atoms with Gasteiger partial charge in [0.15, 0.2) is 0 Å². The van der Waals surface area contributed by atoms with E-state index in [0.29, 0.717) is 18.6 Å². The van der Waals surface area contributed by atoms with Crippen LogP contribution in [0.4, 0.5) is 0 Å². The number of hydrogen-bond donors (Lipinski definition) is 1. The second kappa shape index (κ2) is 4.18. The molecule has 0 aromatic carbocycles. The second-order valence-electron chi connectivity index (χ2n) is 5.10. The van der Waals surface area contributed by atoms with Crippen LogP contribution in [0.2, 0.25) is 0 Å². The third-order valence-corrected chi connectivity index (χ3v) is 3.70. The summed E-state index contributed by atoms with van der Waals surface area (Å²) in [5.74, 6) is 0.484. The molecule has 1 atom stereocenters. The first-order chi connectivity index (χ1) is 7.86. The zero-order valence-corrected chi connectivity index (χ0v) is 9.55.